The number of hydrogen-bond donors (Lipinski definition) is 4. The molecule has 0 bridgehead atoms. The molecule has 2 atom stereocenters. The summed E-state index contributed by atoms with van der Waals surface area (Å²) in [7, 11) is 3.86. The predicted octanol–water partition coefficient (Wildman–Crippen LogP) is 0.746. The van der Waals surface area contributed by atoms with Gasteiger partial charge in [0.05, 0.1) is 11.6 Å². The maximum atomic E-state index is 12.6. The van der Waals surface area contributed by atoms with E-state index in [-0.39, 0.29) is 23.8 Å². The number of carbonyl (C=O) groups is 2. The van der Waals surface area contributed by atoms with E-state index in [4.69, 9.17) is 0 Å². The standard InChI is InChI=1S/C20H43N5O2/c1-15(2)22-11-9-18(26)20(5,6)25(8)14-10-16(3)24-17(4)19(27)23-13-12-21-7/h15-17,21-22,24H,9-14H2,1-8H3,(H,23,27)/t16?,17-/m0/s1. The topological polar surface area (TPSA) is 85.5 Å². The molecule has 27 heavy (non-hydrogen) atoms. The van der Waals surface area contributed by atoms with Gasteiger partial charge in [-0.3, -0.25) is 14.5 Å². The van der Waals surface area contributed by atoms with E-state index in [1.165, 1.54) is 0 Å². The van der Waals surface area contributed by atoms with Crippen molar-refractivity contribution in [2.75, 3.05) is 40.3 Å². The number of amides is 1. The summed E-state index contributed by atoms with van der Waals surface area (Å²) in [5.41, 5.74) is -0.492. The van der Waals surface area contributed by atoms with Crippen molar-refractivity contribution in [1.29, 1.82) is 0 Å². The highest BCUT2D eigenvalue weighted by Crippen LogP contribution is 2.16. The van der Waals surface area contributed by atoms with Crippen LogP contribution in [0.5, 0.6) is 0 Å². The summed E-state index contributed by atoms with van der Waals surface area (Å²) >= 11 is 0. The first-order valence-corrected chi connectivity index (χ1v) is 10.2. The highest BCUT2D eigenvalue weighted by Gasteiger charge is 2.31. The second-order valence-corrected chi connectivity index (χ2v) is 8.24. The zero-order valence-electron chi connectivity index (χ0n) is 18.7. The number of hydrogen-bond acceptors (Lipinski definition) is 6. The van der Waals surface area contributed by atoms with Crippen LogP contribution in [0.2, 0.25) is 0 Å². The number of nitrogens with one attached hydrogen (secondary N) is 4. The van der Waals surface area contributed by atoms with Gasteiger partial charge in [0.25, 0.3) is 0 Å². The van der Waals surface area contributed by atoms with Gasteiger partial charge in [-0.2, -0.15) is 0 Å². The third kappa shape index (κ3) is 10.8. The van der Waals surface area contributed by atoms with Crippen LogP contribution in [0.4, 0.5) is 0 Å². The van der Waals surface area contributed by atoms with Crippen LogP contribution in [-0.2, 0) is 9.59 Å². The lowest BCUT2D eigenvalue weighted by molar-refractivity contribution is -0.128. The maximum Gasteiger partial charge on any atom is 0.236 e. The molecule has 0 fully saturated rings. The Kier molecular flexibility index (Phi) is 12.7. The van der Waals surface area contributed by atoms with Crippen LogP contribution >= 0.6 is 0 Å². The first-order chi connectivity index (χ1) is 12.5. The fraction of sp³-hybridized carbons (Fsp3) is 0.900. The van der Waals surface area contributed by atoms with Crippen LogP contribution in [0.1, 0.15) is 54.4 Å². The molecule has 0 spiro atoms. The van der Waals surface area contributed by atoms with Crippen LogP contribution in [0, 0.1) is 0 Å². The fourth-order valence-electron chi connectivity index (χ4n) is 2.71. The normalized spacial score (nSPS) is 14.4. The van der Waals surface area contributed by atoms with Crippen molar-refractivity contribution >= 4 is 11.7 Å². The summed E-state index contributed by atoms with van der Waals surface area (Å²) < 4.78 is 0. The maximum absolute atomic E-state index is 12.6. The van der Waals surface area contributed by atoms with Gasteiger partial charge < -0.3 is 21.3 Å². The molecule has 0 rings (SSSR count). The molecule has 0 aliphatic rings. The van der Waals surface area contributed by atoms with Crippen molar-refractivity contribution in [3.05, 3.63) is 0 Å². The third-order valence-corrected chi connectivity index (χ3v) is 5.04. The van der Waals surface area contributed by atoms with Crippen molar-refractivity contribution < 1.29 is 9.59 Å². The highest BCUT2D eigenvalue weighted by atomic mass is 16.2. The minimum atomic E-state index is -0.492. The van der Waals surface area contributed by atoms with Gasteiger partial charge in [-0.05, 0) is 48.2 Å². The van der Waals surface area contributed by atoms with Gasteiger partial charge in [-0.15, -0.1) is 0 Å². The van der Waals surface area contributed by atoms with Gasteiger partial charge in [0.2, 0.25) is 5.91 Å². The zero-order chi connectivity index (χ0) is 21.0. The van der Waals surface area contributed by atoms with Gasteiger partial charge in [0, 0.05) is 44.7 Å². The quantitative estimate of drug-likeness (QED) is 0.311. The predicted molar refractivity (Wildman–Crippen MR) is 113 cm³/mol. The number of likely N-dealkylation sites (N-methyl/N-ethyl adjacent to an activating group) is 2. The molecule has 0 aliphatic heterocycles. The van der Waals surface area contributed by atoms with E-state index in [1.54, 1.807) is 0 Å². The average Bonchev–Trinajstić information content (AvgIpc) is 2.58. The van der Waals surface area contributed by atoms with Crippen LogP contribution in [0.3, 0.4) is 0 Å². The van der Waals surface area contributed by atoms with Crippen molar-refractivity contribution in [3.63, 3.8) is 0 Å². The summed E-state index contributed by atoms with van der Waals surface area (Å²) in [5, 5.41) is 12.5. The van der Waals surface area contributed by atoms with Crippen LogP contribution in [0.25, 0.3) is 0 Å². The smallest absolute Gasteiger partial charge is 0.236 e. The van der Waals surface area contributed by atoms with E-state index in [1.807, 2.05) is 34.9 Å². The minimum Gasteiger partial charge on any atom is -0.353 e. The molecule has 7 nitrogen and oxygen atoms in total. The van der Waals surface area contributed by atoms with E-state index in [2.05, 4.69) is 46.9 Å². The molecule has 0 aliphatic carbocycles. The molecular weight excluding hydrogens is 342 g/mol. The molecule has 0 radical (unpaired) electrons. The Hall–Kier alpha value is -1.02. The van der Waals surface area contributed by atoms with E-state index in [0.717, 1.165) is 19.5 Å². The number of rotatable bonds is 15. The number of nitrogens with zero attached hydrogens (tertiary/aromatic N) is 1. The van der Waals surface area contributed by atoms with E-state index < -0.39 is 5.54 Å². The van der Waals surface area contributed by atoms with Gasteiger partial charge in [0.15, 0.2) is 5.78 Å². The summed E-state index contributed by atoms with van der Waals surface area (Å²) in [6, 6.07) is 0.341. The molecule has 4 N–H and O–H groups in total. The molecule has 1 amide bonds. The summed E-state index contributed by atoms with van der Waals surface area (Å²) in [4.78, 5) is 26.7. The summed E-state index contributed by atoms with van der Waals surface area (Å²) in [6.07, 6.45) is 1.40. The molecule has 0 aromatic carbocycles. The number of Topliss-reactive ketones (excluding diaryl/α,β-unsaturated/α-hetero) is 1. The molecule has 0 aromatic heterocycles. The van der Waals surface area contributed by atoms with E-state index in [9.17, 15) is 9.59 Å². The SMILES string of the molecule is CNCCNC(=O)[C@H](C)NC(C)CCN(C)C(C)(C)C(=O)CCNC(C)C. The van der Waals surface area contributed by atoms with Crippen molar-refractivity contribution in [2.45, 2.75) is 78.0 Å². The highest BCUT2D eigenvalue weighted by molar-refractivity contribution is 5.87. The molecule has 0 aromatic rings. The lowest BCUT2D eigenvalue weighted by Gasteiger charge is -2.35. The van der Waals surface area contributed by atoms with Gasteiger partial charge in [-0.25, -0.2) is 0 Å². The number of carbonyl (C=O) groups excluding carboxylic acids is 2. The third-order valence-electron chi connectivity index (χ3n) is 5.04. The molecule has 0 saturated heterocycles. The molecule has 160 valence electrons. The molecule has 0 heterocycles. The van der Waals surface area contributed by atoms with Crippen LogP contribution in [0.15, 0.2) is 0 Å². The van der Waals surface area contributed by atoms with E-state index >= 15 is 0 Å². The largest absolute Gasteiger partial charge is 0.353 e. The monoisotopic (exact) mass is 385 g/mol. The first kappa shape index (κ1) is 26.0. The number of ketones is 1. The van der Waals surface area contributed by atoms with Crippen LogP contribution < -0.4 is 21.3 Å². The lowest BCUT2D eigenvalue weighted by Crippen LogP contribution is -2.51. The van der Waals surface area contributed by atoms with Crippen molar-refractivity contribution in [2.24, 2.45) is 0 Å². The lowest BCUT2D eigenvalue weighted by atomic mass is 9.94. The zero-order valence-corrected chi connectivity index (χ0v) is 18.7. The van der Waals surface area contributed by atoms with Crippen LogP contribution in [-0.4, -0.2) is 80.5 Å². The summed E-state index contributed by atoms with van der Waals surface area (Å²) in [6.45, 7) is 15.0. The van der Waals surface area contributed by atoms with Crippen molar-refractivity contribution in [1.82, 2.24) is 26.2 Å². The Bertz CT molecular complexity index is 440. The van der Waals surface area contributed by atoms with Gasteiger partial charge in [-0.1, -0.05) is 13.8 Å². The Morgan fingerprint density at radius 3 is 2.22 bits per heavy atom. The molecular formula is C20H43N5O2. The molecule has 1 unspecified atom stereocenters. The first-order valence-electron chi connectivity index (χ1n) is 10.2. The minimum absolute atomic E-state index is 0.0126. The Morgan fingerprint density at radius 2 is 1.67 bits per heavy atom. The van der Waals surface area contributed by atoms with Gasteiger partial charge in [0.1, 0.15) is 0 Å². The molecule has 7 heteroatoms. The van der Waals surface area contributed by atoms with Crippen molar-refractivity contribution in [3.8, 4) is 0 Å². The second kappa shape index (κ2) is 13.2. The fourth-order valence-corrected chi connectivity index (χ4v) is 2.71. The summed E-state index contributed by atoms with van der Waals surface area (Å²) in [5.74, 6) is 0.259. The Morgan fingerprint density at radius 1 is 1.04 bits per heavy atom. The molecule has 0 saturated carbocycles. The van der Waals surface area contributed by atoms with Gasteiger partial charge >= 0.3 is 0 Å². The second-order valence-electron chi connectivity index (χ2n) is 8.24. The average molecular weight is 386 g/mol. The Balaban J connectivity index is 4.30. The van der Waals surface area contributed by atoms with E-state index in [0.29, 0.717) is 25.6 Å². The Labute approximate surface area is 166 Å².